The number of aromatic nitrogens is 3. The third kappa shape index (κ3) is 6.34. The van der Waals surface area contributed by atoms with Gasteiger partial charge < -0.3 is 30.7 Å². The van der Waals surface area contributed by atoms with Crippen molar-refractivity contribution in [2.75, 3.05) is 51.0 Å². The molecule has 4 heterocycles. The predicted molar refractivity (Wildman–Crippen MR) is 162 cm³/mol. The lowest BCUT2D eigenvalue weighted by Gasteiger charge is -2.46. The second kappa shape index (κ2) is 12.6. The number of methoxy groups -OCH3 is 1. The number of benzene rings is 1. The van der Waals surface area contributed by atoms with Crippen LogP contribution in [0.1, 0.15) is 60.0 Å². The Kier molecular flexibility index (Phi) is 8.53. The highest BCUT2D eigenvalue weighted by Gasteiger charge is 2.38. The highest BCUT2D eigenvalue weighted by Crippen LogP contribution is 2.44. The number of ether oxygens (including phenoxy) is 2. The van der Waals surface area contributed by atoms with E-state index in [0.717, 1.165) is 73.8 Å². The highest BCUT2D eigenvalue weighted by atomic mass is 16.5. The van der Waals surface area contributed by atoms with E-state index in [2.05, 4.69) is 30.5 Å². The lowest BCUT2D eigenvalue weighted by Crippen LogP contribution is -2.46. The van der Waals surface area contributed by atoms with E-state index in [9.17, 15) is 4.79 Å². The van der Waals surface area contributed by atoms with E-state index in [1.165, 1.54) is 25.7 Å². The predicted octanol–water partition coefficient (Wildman–Crippen LogP) is 4.07. The minimum absolute atomic E-state index is 0.00748. The number of nitrogens with zero attached hydrogens (tertiary/aromatic N) is 4. The topological polar surface area (TPSA) is 128 Å². The third-order valence-corrected chi connectivity index (χ3v) is 9.23. The first-order chi connectivity index (χ1) is 20.5. The van der Waals surface area contributed by atoms with Crippen LogP contribution in [0, 0.1) is 5.41 Å². The lowest BCUT2D eigenvalue weighted by molar-refractivity contribution is 0.0448. The van der Waals surface area contributed by atoms with Crippen molar-refractivity contribution in [3.63, 3.8) is 0 Å². The number of hydrogen-bond acceptors (Lipinski definition) is 9. The Balaban J connectivity index is 1.03. The standard InChI is InChI=1S/C32H41N7O3/c1-41-18-16-39-14-11-32(12-15-39)9-5-24(6-10-32)37-30(40)23-4-2-3-22(19-23)20-35-29-25-8-17-42-28(25)26(21-36-29)27-7-13-34-31(33)38-27/h2-4,7,13,19,21,24H,5-6,8-12,14-18,20H2,1H3,(H,35,36)(H,37,40)(H2,33,34,38). The van der Waals surface area contributed by atoms with E-state index in [4.69, 9.17) is 15.2 Å². The zero-order chi connectivity index (χ0) is 28.9. The number of carbonyl (C=O) groups excluding carboxylic acids is 1. The molecule has 2 aromatic heterocycles. The number of nitrogen functional groups attached to an aromatic ring is 1. The number of likely N-dealkylation sites (tertiary alicyclic amines) is 1. The van der Waals surface area contributed by atoms with Crippen molar-refractivity contribution in [2.45, 2.75) is 57.5 Å². The lowest BCUT2D eigenvalue weighted by atomic mass is 9.67. The van der Waals surface area contributed by atoms with Gasteiger partial charge in [0.15, 0.2) is 0 Å². The Morgan fingerprint density at radius 2 is 2.00 bits per heavy atom. The number of amides is 1. The normalized spacial score (nSPS) is 18.4. The Bertz CT molecular complexity index is 1400. The van der Waals surface area contributed by atoms with Crippen molar-refractivity contribution < 1.29 is 14.3 Å². The fourth-order valence-electron chi connectivity index (χ4n) is 6.67. The van der Waals surface area contributed by atoms with Gasteiger partial charge in [0, 0.05) is 56.2 Å². The van der Waals surface area contributed by atoms with E-state index < -0.39 is 0 Å². The molecule has 0 unspecified atom stereocenters. The molecule has 1 saturated heterocycles. The molecule has 42 heavy (non-hydrogen) atoms. The molecular weight excluding hydrogens is 530 g/mol. The van der Waals surface area contributed by atoms with Gasteiger partial charge in [-0.1, -0.05) is 12.1 Å². The van der Waals surface area contributed by atoms with Gasteiger partial charge in [-0.3, -0.25) is 4.79 Å². The number of pyridine rings is 1. The van der Waals surface area contributed by atoms with Gasteiger partial charge in [0.1, 0.15) is 11.6 Å². The van der Waals surface area contributed by atoms with Crippen LogP contribution in [0.15, 0.2) is 42.7 Å². The van der Waals surface area contributed by atoms with E-state index in [0.29, 0.717) is 29.8 Å². The summed E-state index contributed by atoms with van der Waals surface area (Å²) in [6.45, 7) is 5.29. The minimum Gasteiger partial charge on any atom is -0.492 e. The van der Waals surface area contributed by atoms with Crippen LogP contribution in [0.25, 0.3) is 11.3 Å². The van der Waals surface area contributed by atoms with Gasteiger partial charge in [0.25, 0.3) is 5.91 Å². The first kappa shape index (κ1) is 28.4. The van der Waals surface area contributed by atoms with Crippen LogP contribution in [-0.4, -0.2) is 71.8 Å². The smallest absolute Gasteiger partial charge is 0.251 e. The molecule has 3 aromatic rings. The maximum atomic E-state index is 13.2. The summed E-state index contributed by atoms with van der Waals surface area (Å²) in [6, 6.07) is 9.89. The molecule has 0 radical (unpaired) electrons. The summed E-state index contributed by atoms with van der Waals surface area (Å²) in [4.78, 5) is 28.7. The quantitative estimate of drug-likeness (QED) is 0.348. The summed E-state index contributed by atoms with van der Waals surface area (Å²) in [7, 11) is 1.77. The summed E-state index contributed by atoms with van der Waals surface area (Å²) in [6.07, 6.45) is 11.2. The largest absolute Gasteiger partial charge is 0.492 e. The van der Waals surface area contributed by atoms with Gasteiger partial charge in [-0.05, 0) is 80.8 Å². The van der Waals surface area contributed by atoms with E-state index in [1.54, 1.807) is 25.6 Å². The van der Waals surface area contributed by atoms with Crippen LogP contribution in [0.5, 0.6) is 5.75 Å². The van der Waals surface area contributed by atoms with Gasteiger partial charge in [-0.15, -0.1) is 0 Å². The van der Waals surface area contributed by atoms with Crippen LogP contribution in [0.3, 0.4) is 0 Å². The summed E-state index contributed by atoms with van der Waals surface area (Å²) < 4.78 is 11.2. The van der Waals surface area contributed by atoms with E-state index in [-0.39, 0.29) is 17.9 Å². The minimum atomic E-state index is 0.00748. The molecule has 2 fully saturated rings. The summed E-state index contributed by atoms with van der Waals surface area (Å²) in [5.74, 6) is 1.79. The molecule has 1 spiro atoms. The van der Waals surface area contributed by atoms with Crippen molar-refractivity contribution in [2.24, 2.45) is 5.41 Å². The van der Waals surface area contributed by atoms with E-state index in [1.807, 2.05) is 24.3 Å². The van der Waals surface area contributed by atoms with Crippen LogP contribution in [-0.2, 0) is 17.7 Å². The van der Waals surface area contributed by atoms with Crippen molar-refractivity contribution in [3.05, 3.63) is 59.4 Å². The average Bonchev–Trinajstić information content (AvgIpc) is 3.52. The van der Waals surface area contributed by atoms with E-state index >= 15 is 0 Å². The van der Waals surface area contributed by atoms with Gasteiger partial charge in [0.05, 0.1) is 24.5 Å². The molecule has 1 saturated carbocycles. The molecule has 1 aliphatic carbocycles. The second-order valence-electron chi connectivity index (χ2n) is 11.9. The molecule has 1 aromatic carbocycles. The number of hydrogen-bond donors (Lipinski definition) is 3. The number of nitrogens with two attached hydrogens (primary N) is 1. The van der Waals surface area contributed by atoms with Crippen LogP contribution < -0.4 is 21.1 Å². The second-order valence-corrected chi connectivity index (χ2v) is 11.9. The molecule has 4 N–H and O–H groups in total. The number of fused-ring (bicyclic) bond motifs is 1. The van der Waals surface area contributed by atoms with Gasteiger partial charge >= 0.3 is 0 Å². The van der Waals surface area contributed by atoms with Crippen LogP contribution >= 0.6 is 0 Å². The number of anilines is 2. The van der Waals surface area contributed by atoms with Crippen LogP contribution in [0.2, 0.25) is 0 Å². The summed E-state index contributed by atoms with van der Waals surface area (Å²) >= 11 is 0. The summed E-state index contributed by atoms with van der Waals surface area (Å²) in [5.41, 5.74) is 10.5. The molecular formula is C32H41N7O3. The fraction of sp³-hybridized carbons (Fsp3) is 0.500. The zero-order valence-corrected chi connectivity index (χ0v) is 24.4. The SMILES string of the molecule is COCCN1CCC2(CCC(NC(=O)c3cccc(CNc4ncc(-c5ccnc(N)n5)c5c4CCO5)c3)CC2)CC1. The number of carbonyl (C=O) groups is 1. The van der Waals surface area contributed by atoms with Crippen LogP contribution in [0.4, 0.5) is 11.8 Å². The molecule has 2 aliphatic heterocycles. The highest BCUT2D eigenvalue weighted by molar-refractivity contribution is 5.94. The van der Waals surface area contributed by atoms with Gasteiger partial charge in [0.2, 0.25) is 5.95 Å². The maximum absolute atomic E-state index is 13.2. The molecule has 10 nitrogen and oxygen atoms in total. The van der Waals surface area contributed by atoms with Gasteiger partial charge in [-0.25, -0.2) is 15.0 Å². The van der Waals surface area contributed by atoms with Gasteiger partial charge in [-0.2, -0.15) is 0 Å². The molecule has 0 atom stereocenters. The Labute approximate surface area is 247 Å². The Morgan fingerprint density at radius 1 is 1.17 bits per heavy atom. The number of piperidine rings is 1. The number of rotatable bonds is 9. The Morgan fingerprint density at radius 3 is 2.79 bits per heavy atom. The molecule has 3 aliphatic rings. The first-order valence-corrected chi connectivity index (χ1v) is 15.1. The number of nitrogens with one attached hydrogen (secondary N) is 2. The van der Waals surface area contributed by atoms with Crippen molar-refractivity contribution in [1.29, 1.82) is 0 Å². The fourth-order valence-corrected chi connectivity index (χ4v) is 6.67. The third-order valence-electron chi connectivity index (χ3n) is 9.23. The molecule has 0 bridgehead atoms. The average molecular weight is 572 g/mol. The van der Waals surface area contributed by atoms with Crippen molar-refractivity contribution >= 4 is 17.7 Å². The van der Waals surface area contributed by atoms with Crippen molar-refractivity contribution in [3.8, 4) is 17.0 Å². The van der Waals surface area contributed by atoms with Crippen molar-refractivity contribution in [1.82, 2.24) is 25.2 Å². The monoisotopic (exact) mass is 571 g/mol. The molecule has 6 rings (SSSR count). The summed E-state index contributed by atoms with van der Waals surface area (Å²) in [5, 5.41) is 6.78. The zero-order valence-electron chi connectivity index (χ0n) is 24.4. The molecule has 10 heteroatoms. The Hall–Kier alpha value is -3.76. The molecule has 1 amide bonds. The molecule has 222 valence electrons. The maximum Gasteiger partial charge on any atom is 0.251 e. The first-order valence-electron chi connectivity index (χ1n) is 15.1.